The number of ether oxygens (including phenoxy) is 2. The maximum atomic E-state index is 13.8. The van der Waals surface area contributed by atoms with E-state index < -0.39 is 50.3 Å². The van der Waals surface area contributed by atoms with Crippen LogP contribution in [-0.2, 0) is 23.4 Å². The highest BCUT2D eigenvalue weighted by atomic mass is 31.2. The molecule has 1 fully saturated rings. The number of aromatic nitrogens is 2. The van der Waals surface area contributed by atoms with E-state index in [4.69, 9.17) is 18.5 Å². The predicted molar refractivity (Wildman–Crippen MR) is 135 cm³/mol. The third kappa shape index (κ3) is 6.04. The van der Waals surface area contributed by atoms with Gasteiger partial charge in [0.05, 0.1) is 12.7 Å². The molecule has 0 unspecified atom stereocenters. The molecule has 3 heterocycles. The van der Waals surface area contributed by atoms with Crippen LogP contribution in [0.1, 0.15) is 39.4 Å². The number of aliphatic hydroxyl groups is 2. The van der Waals surface area contributed by atoms with Crippen LogP contribution in [0, 0.1) is 0 Å². The molecule has 1 aliphatic heterocycles. The summed E-state index contributed by atoms with van der Waals surface area (Å²) in [5.41, 5.74) is -0.219. The second-order valence-electron chi connectivity index (χ2n) is 9.44. The lowest BCUT2D eigenvalue weighted by Gasteiger charge is -2.30. The van der Waals surface area contributed by atoms with Gasteiger partial charge in [-0.2, -0.15) is 5.09 Å². The van der Waals surface area contributed by atoms with E-state index in [9.17, 15) is 19.6 Å². The average Bonchev–Trinajstić information content (AvgIpc) is 3.42. The maximum Gasteiger partial charge on any atom is 0.459 e. The minimum absolute atomic E-state index is 0.241. The SMILES string of the molecule is CC(C)OC(=O)[C@H](C)N[P@](=O)(OC[C@@]1(C)O[C@@H](c2ccnc3[nH]ccc23)[C@H](O)[C@@H]1O)Oc1ccccc1. The summed E-state index contributed by atoms with van der Waals surface area (Å²) in [5.74, 6) is -0.395. The lowest BCUT2D eigenvalue weighted by atomic mass is 9.95. The smallest absolute Gasteiger partial charge is 0.459 e. The fourth-order valence-electron chi connectivity index (χ4n) is 4.10. The zero-order valence-electron chi connectivity index (χ0n) is 21.0. The van der Waals surface area contributed by atoms with E-state index in [0.29, 0.717) is 11.2 Å². The molecule has 37 heavy (non-hydrogen) atoms. The van der Waals surface area contributed by atoms with Gasteiger partial charge in [0.1, 0.15) is 41.4 Å². The van der Waals surface area contributed by atoms with Crippen molar-refractivity contribution in [3.63, 3.8) is 0 Å². The minimum Gasteiger partial charge on any atom is -0.462 e. The number of nitrogens with zero attached hydrogens (tertiary/aromatic N) is 1. The number of hydrogen-bond donors (Lipinski definition) is 4. The van der Waals surface area contributed by atoms with Crippen molar-refractivity contribution >= 4 is 24.7 Å². The maximum absolute atomic E-state index is 13.8. The zero-order chi connectivity index (χ0) is 26.8. The van der Waals surface area contributed by atoms with Crippen LogP contribution in [0.3, 0.4) is 0 Å². The molecule has 1 aliphatic rings. The first kappa shape index (κ1) is 27.3. The molecule has 0 amide bonds. The van der Waals surface area contributed by atoms with Gasteiger partial charge in [0.2, 0.25) is 0 Å². The number of hydrogen-bond acceptors (Lipinski definition) is 9. The van der Waals surface area contributed by atoms with Crippen molar-refractivity contribution < 1.29 is 38.1 Å². The number of fused-ring (bicyclic) bond motifs is 1. The summed E-state index contributed by atoms with van der Waals surface area (Å²) < 4.78 is 36.5. The van der Waals surface area contributed by atoms with Crippen LogP contribution in [0.15, 0.2) is 54.9 Å². The standard InChI is InChI=1S/C25H32N3O8P/c1-15(2)34-24(31)16(3)28-37(32,36-17-8-6-5-7-9-17)33-14-25(4)22(30)20(29)21(35-25)18-10-12-26-23-19(18)11-13-27-23/h5-13,15-16,20-22,29-30H,14H2,1-4H3,(H,26,27)(H,28,32)/t16-,20-,21-,22-,25+,37-/m0/s1. The molecular formula is C25H32N3O8P. The molecule has 0 saturated carbocycles. The second kappa shape index (κ2) is 10.9. The summed E-state index contributed by atoms with van der Waals surface area (Å²) in [4.78, 5) is 19.6. The highest BCUT2D eigenvalue weighted by Crippen LogP contribution is 2.48. The van der Waals surface area contributed by atoms with E-state index >= 15 is 0 Å². The molecule has 0 radical (unpaired) electrons. The lowest BCUT2D eigenvalue weighted by molar-refractivity contribution is -0.149. The Morgan fingerprint density at radius 3 is 2.65 bits per heavy atom. The van der Waals surface area contributed by atoms with Crippen molar-refractivity contribution in [1.29, 1.82) is 0 Å². The molecule has 4 rings (SSSR count). The Labute approximate surface area is 214 Å². The summed E-state index contributed by atoms with van der Waals surface area (Å²) >= 11 is 0. The van der Waals surface area contributed by atoms with E-state index in [2.05, 4.69) is 15.1 Å². The molecule has 0 spiro atoms. The van der Waals surface area contributed by atoms with Crippen molar-refractivity contribution in [2.24, 2.45) is 0 Å². The van der Waals surface area contributed by atoms with Crippen LogP contribution in [0.2, 0.25) is 0 Å². The molecule has 2 aromatic heterocycles. The van der Waals surface area contributed by atoms with E-state index in [1.165, 1.54) is 6.92 Å². The van der Waals surface area contributed by atoms with Crippen LogP contribution in [0.5, 0.6) is 5.75 Å². The Morgan fingerprint density at radius 2 is 1.95 bits per heavy atom. The number of nitrogens with one attached hydrogen (secondary N) is 2. The summed E-state index contributed by atoms with van der Waals surface area (Å²) in [6, 6.07) is 10.8. The molecule has 1 saturated heterocycles. The van der Waals surface area contributed by atoms with Gasteiger partial charge in [-0.3, -0.25) is 9.32 Å². The number of pyridine rings is 1. The molecule has 0 bridgehead atoms. The van der Waals surface area contributed by atoms with Gasteiger partial charge in [0.25, 0.3) is 0 Å². The van der Waals surface area contributed by atoms with Crippen LogP contribution >= 0.6 is 7.75 Å². The van der Waals surface area contributed by atoms with Crippen molar-refractivity contribution in [3.05, 3.63) is 60.4 Å². The molecule has 200 valence electrons. The average molecular weight is 534 g/mol. The number of aromatic amines is 1. The number of esters is 1. The zero-order valence-corrected chi connectivity index (χ0v) is 21.9. The van der Waals surface area contributed by atoms with Gasteiger partial charge in [-0.1, -0.05) is 18.2 Å². The van der Waals surface area contributed by atoms with Gasteiger partial charge >= 0.3 is 13.7 Å². The first-order valence-corrected chi connectivity index (χ1v) is 13.5. The number of carbonyl (C=O) groups is 1. The van der Waals surface area contributed by atoms with Crippen molar-refractivity contribution in [2.75, 3.05) is 6.61 Å². The third-order valence-corrected chi connectivity index (χ3v) is 7.63. The van der Waals surface area contributed by atoms with Crippen LogP contribution in [0.25, 0.3) is 11.0 Å². The van der Waals surface area contributed by atoms with Gasteiger partial charge < -0.3 is 29.2 Å². The Morgan fingerprint density at radius 1 is 1.22 bits per heavy atom. The summed E-state index contributed by atoms with van der Waals surface area (Å²) in [6.45, 7) is 5.99. The van der Waals surface area contributed by atoms with Gasteiger partial charge in [0, 0.05) is 17.8 Å². The number of benzene rings is 1. The van der Waals surface area contributed by atoms with E-state index in [1.807, 2.05) is 0 Å². The normalized spacial score (nSPS) is 26.2. The van der Waals surface area contributed by atoms with Gasteiger partial charge in [-0.05, 0) is 57.5 Å². The molecule has 12 heteroatoms. The monoisotopic (exact) mass is 533 g/mol. The Bertz CT molecular complexity index is 1270. The van der Waals surface area contributed by atoms with Gasteiger partial charge in [0.15, 0.2) is 0 Å². The number of H-pyrrole nitrogens is 1. The van der Waals surface area contributed by atoms with E-state index in [-0.39, 0.29) is 11.9 Å². The van der Waals surface area contributed by atoms with Crippen molar-refractivity contribution in [3.8, 4) is 5.75 Å². The van der Waals surface area contributed by atoms with Gasteiger partial charge in [-0.25, -0.2) is 9.55 Å². The van der Waals surface area contributed by atoms with E-state index in [0.717, 1.165) is 5.39 Å². The summed E-state index contributed by atoms with van der Waals surface area (Å²) in [7, 11) is -4.20. The van der Waals surface area contributed by atoms with Crippen LogP contribution in [-0.4, -0.2) is 62.7 Å². The summed E-state index contributed by atoms with van der Waals surface area (Å²) in [6.07, 6.45) is -0.648. The first-order valence-electron chi connectivity index (χ1n) is 11.9. The second-order valence-corrected chi connectivity index (χ2v) is 11.1. The molecule has 6 atom stereocenters. The fraction of sp³-hybridized carbons (Fsp3) is 0.440. The van der Waals surface area contributed by atoms with Crippen molar-refractivity contribution in [2.45, 2.75) is 63.8 Å². The molecule has 0 aliphatic carbocycles. The molecular weight excluding hydrogens is 501 g/mol. The third-order valence-electron chi connectivity index (χ3n) is 6.00. The lowest BCUT2D eigenvalue weighted by Crippen LogP contribution is -2.45. The highest BCUT2D eigenvalue weighted by molar-refractivity contribution is 7.52. The molecule has 3 aromatic rings. The molecule has 1 aromatic carbocycles. The minimum atomic E-state index is -4.20. The number of aliphatic hydroxyl groups excluding tert-OH is 2. The van der Waals surface area contributed by atoms with E-state index in [1.54, 1.807) is 75.6 Å². The van der Waals surface area contributed by atoms with Gasteiger partial charge in [-0.15, -0.1) is 0 Å². The number of carbonyl (C=O) groups excluding carboxylic acids is 1. The van der Waals surface area contributed by atoms with Crippen LogP contribution < -0.4 is 9.61 Å². The number of rotatable bonds is 10. The fourth-order valence-corrected chi connectivity index (χ4v) is 5.69. The molecule has 4 N–H and O–H groups in total. The highest BCUT2D eigenvalue weighted by Gasteiger charge is 2.53. The predicted octanol–water partition coefficient (Wildman–Crippen LogP) is 3.25. The summed E-state index contributed by atoms with van der Waals surface area (Å²) in [5, 5.41) is 25.1. The Hall–Kier alpha value is -2.79. The Balaban J connectivity index is 1.54. The van der Waals surface area contributed by atoms with Crippen molar-refractivity contribution in [1.82, 2.24) is 15.1 Å². The largest absolute Gasteiger partial charge is 0.462 e. The Kier molecular flexibility index (Phi) is 8.03. The quantitative estimate of drug-likeness (QED) is 0.226. The van der Waals surface area contributed by atoms with Crippen LogP contribution in [0.4, 0.5) is 0 Å². The molecule has 11 nitrogen and oxygen atoms in total. The first-order chi connectivity index (χ1) is 17.5. The topological polar surface area (TPSA) is 152 Å². The number of para-hydroxylation sites is 1.